The summed E-state index contributed by atoms with van der Waals surface area (Å²) in [6.45, 7) is 3.91. The molecule has 1 aromatic heterocycles. The second kappa shape index (κ2) is 5.82. The van der Waals surface area contributed by atoms with E-state index in [1.807, 2.05) is 61.9 Å². The number of aromatic nitrogens is 1. The highest BCUT2D eigenvalue weighted by Crippen LogP contribution is 2.25. The largest absolute Gasteiger partial charge is 0.318 e. The lowest BCUT2D eigenvalue weighted by Gasteiger charge is -2.02. The first-order chi connectivity index (χ1) is 10.5. The van der Waals surface area contributed by atoms with Crippen LogP contribution in [-0.4, -0.2) is 10.5 Å². The molecular weight excluding hydrogens is 360 g/mol. The van der Waals surface area contributed by atoms with Crippen molar-refractivity contribution in [2.75, 3.05) is 0 Å². The zero-order valence-electron chi connectivity index (χ0n) is 12.6. The molecule has 3 nitrogen and oxygen atoms in total. The summed E-state index contributed by atoms with van der Waals surface area (Å²) in [4.78, 5) is 17.5. The van der Waals surface area contributed by atoms with E-state index in [0.29, 0.717) is 10.4 Å². The summed E-state index contributed by atoms with van der Waals surface area (Å²) in [5, 5.41) is 0. The quantitative estimate of drug-likeness (QED) is 0.622. The molecule has 3 rings (SSSR count). The van der Waals surface area contributed by atoms with Crippen molar-refractivity contribution in [1.29, 1.82) is 0 Å². The fourth-order valence-electron chi connectivity index (χ4n) is 2.38. The molecule has 0 bridgehead atoms. The summed E-state index contributed by atoms with van der Waals surface area (Å²) in [6.07, 6.45) is 0. The molecule has 2 aromatic carbocycles. The predicted molar refractivity (Wildman–Crippen MR) is 94.3 cm³/mol. The Morgan fingerprint density at radius 2 is 2.00 bits per heavy atom. The molecule has 0 aliphatic heterocycles. The zero-order chi connectivity index (χ0) is 15.9. The Morgan fingerprint density at radius 3 is 2.73 bits per heavy atom. The van der Waals surface area contributed by atoms with Crippen LogP contribution in [0.4, 0.5) is 0 Å². The Hall–Kier alpha value is -1.72. The van der Waals surface area contributed by atoms with Crippen molar-refractivity contribution >= 4 is 43.4 Å². The maximum Gasteiger partial charge on any atom is 0.279 e. The molecule has 1 heterocycles. The number of fused-ring (bicyclic) bond motifs is 1. The Bertz CT molecular complexity index is 953. The molecule has 112 valence electrons. The van der Waals surface area contributed by atoms with Gasteiger partial charge in [-0.25, -0.2) is 0 Å². The first kappa shape index (κ1) is 15.2. The highest BCUT2D eigenvalue weighted by molar-refractivity contribution is 9.10. The molecule has 0 radical (unpaired) electrons. The van der Waals surface area contributed by atoms with Crippen molar-refractivity contribution < 1.29 is 4.79 Å². The number of hydrogen-bond donors (Lipinski definition) is 0. The van der Waals surface area contributed by atoms with Crippen molar-refractivity contribution in [2.24, 2.45) is 12.0 Å². The predicted octanol–water partition coefficient (Wildman–Crippen LogP) is 4.36. The minimum atomic E-state index is -0.195. The third-order valence-electron chi connectivity index (χ3n) is 3.59. The number of halogens is 1. The average Bonchev–Trinajstić information content (AvgIpc) is 2.79. The van der Waals surface area contributed by atoms with Gasteiger partial charge in [0.1, 0.15) is 0 Å². The SMILES string of the molecule is Cc1ccc(C)c(C(=O)N=c2sc3cccc(Br)c3n2C)c1. The second-order valence-electron chi connectivity index (χ2n) is 5.27. The van der Waals surface area contributed by atoms with Gasteiger partial charge in [0.2, 0.25) is 0 Å². The summed E-state index contributed by atoms with van der Waals surface area (Å²) < 4.78 is 4.06. The van der Waals surface area contributed by atoms with Crippen LogP contribution in [0.25, 0.3) is 10.2 Å². The average molecular weight is 375 g/mol. The van der Waals surface area contributed by atoms with E-state index in [1.165, 1.54) is 11.3 Å². The lowest BCUT2D eigenvalue weighted by Crippen LogP contribution is -2.14. The molecular formula is C17H15BrN2OS. The van der Waals surface area contributed by atoms with Gasteiger partial charge in [-0.1, -0.05) is 35.1 Å². The molecule has 0 saturated heterocycles. The summed E-state index contributed by atoms with van der Waals surface area (Å²) in [7, 11) is 1.93. The van der Waals surface area contributed by atoms with Crippen LogP contribution < -0.4 is 4.80 Å². The monoisotopic (exact) mass is 374 g/mol. The molecule has 0 spiro atoms. The number of nitrogens with zero attached hydrogens (tertiary/aromatic N) is 2. The van der Waals surface area contributed by atoms with Gasteiger partial charge < -0.3 is 4.57 Å². The van der Waals surface area contributed by atoms with E-state index in [-0.39, 0.29) is 5.91 Å². The number of carbonyl (C=O) groups is 1. The zero-order valence-corrected chi connectivity index (χ0v) is 15.0. The maximum atomic E-state index is 12.5. The molecule has 0 aliphatic carbocycles. The summed E-state index contributed by atoms with van der Waals surface area (Å²) in [5.41, 5.74) is 3.73. The van der Waals surface area contributed by atoms with Gasteiger partial charge in [-0.15, -0.1) is 0 Å². The number of hydrogen-bond acceptors (Lipinski definition) is 2. The van der Waals surface area contributed by atoms with E-state index >= 15 is 0 Å². The molecule has 22 heavy (non-hydrogen) atoms. The Kier molecular flexibility index (Phi) is 4.02. The molecule has 0 aliphatic rings. The van der Waals surface area contributed by atoms with Crippen molar-refractivity contribution in [3.63, 3.8) is 0 Å². The lowest BCUT2D eigenvalue weighted by atomic mass is 10.1. The number of aryl methyl sites for hydroxylation is 3. The van der Waals surface area contributed by atoms with Gasteiger partial charge in [0, 0.05) is 17.1 Å². The number of thiazole rings is 1. The molecule has 0 N–H and O–H groups in total. The molecule has 1 amide bonds. The molecule has 0 atom stereocenters. The third kappa shape index (κ3) is 2.66. The van der Waals surface area contributed by atoms with Crippen LogP contribution >= 0.6 is 27.3 Å². The van der Waals surface area contributed by atoms with Crippen LogP contribution in [0.3, 0.4) is 0 Å². The second-order valence-corrected chi connectivity index (χ2v) is 7.13. The van der Waals surface area contributed by atoms with Crippen molar-refractivity contribution in [1.82, 2.24) is 4.57 Å². The minimum Gasteiger partial charge on any atom is -0.318 e. The van der Waals surface area contributed by atoms with E-state index in [1.54, 1.807) is 0 Å². The molecule has 5 heteroatoms. The summed E-state index contributed by atoms with van der Waals surface area (Å²) in [6, 6.07) is 11.9. The third-order valence-corrected chi connectivity index (χ3v) is 5.33. The molecule has 0 fully saturated rings. The fraction of sp³-hybridized carbons (Fsp3) is 0.176. The summed E-state index contributed by atoms with van der Waals surface area (Å²) >= 11 is 5.07. The van der Waals surface area contributed by atoms with Crippen LogP contribution in [0.1, 0.15) is 21.5 Å². The van der Waals surface area contributed by atoms with E-state index in [4.69, 9.17) is 0 Å². The van der Waals surface area contributed by atoms with Crippen LogP contribution in [0.15, 0.2) is 45.9 Å². The highest BCUT2D eigenvalue weighted by Gasteiger charge is 2.11. The van der Waals surface area contributed by atoms with Gasteiger partial charge in [-0.3, -0.25) is 4.79 Å². The van der Waals surface area contributed by atoms with Gasteiger partial charge in [0.15, 0.2) is 4.80 Å². The topological polar surface area (TPSA) is 34.4 Å². The van der Waals surface area contributed by atoms with Crippen LogP contribution in [0, 0.1) is 13.8 Å². The van der Waals surface area contributed by atoms with Gasteiger partial charge in [0.05, 0.1) is 10.2 Å². The molecule has 3 aromatic rings. The van der Waals surface area contributed by atoms with Crippen molar-refractivity contribution in [3.8, 4) is 0 Å². The minimum absolute atomic E-state index is 0.195. The van der Waals surface area contributed by atoms with Crippen molar-refractivity contribution in [3.05, 3.63) is 62.4 Å². The van der Waals surface area contributed by atoms with Crippen molar-refractivity contribution in [2.45, 2.75) is 13.8 Å². The molecule has 0 saturated carbocycles. The first-order valence-corrected chi connectivity index (χ1v) is 8.48. The van der Waals surface area contributed by atoms with Crippen LogP contribution in [0.5, 0.6) is 0 Å². The maximum absolute atomic E-state index is 12.5. The van der Waals surface area contributed by atoms with E-state index in [9.17, 15) is 4.79 Å². The number of rotatable bonds is 1. The lowest BCUT2D eigenvalue weighted by molar-refractivity contribution is 0.0997. The Morgan fingerprint density at radius 1 is 1.23 bits per heavy atom. The van der Waals surface area contributed by atoms with Crippen LogP contribution in [0.2, 0.25) is 0 Å². The smallest absolute Gasteiger partial charge is 0.279 e. The number of amides is 1. The van der Waals surface area contributed by atoms with Gasteiger partial charge in [-0.2, -0.15) is 4.99 Å². The number of para-hydroxylation sites is 1. The van der Waals surface area contributed by atoms with Gasteiger partial charge in [-0.05, 0) is 53.5 Å². The van der Waals surface area contributed by atoms with E-state index in [2.05, 4.69) is 20.9 Å². The standard InChI is InChI=1S/C17H15BrN2OS/c1-10-7-8-11(2)12(9-10)16(21)19-17-20(3)15-13(18)5-4-6-14(15)22-17/h4-9H,1-3H3. The van der Waals surface area contributed by atoms with Crippen LogP contribution in [-0.2, 0) is 7.05 Å². The molecule has 0 unspecified atom stereocenters. The van der Waals surface area contributed by atoms with E-state index < -0.39 is 0 Å². The first-order valence-electron chi connectivity index (χ1n) is 6.88. The Balaban J connectivity index is 2.16. The fourth-order valence-corrected chi connectivity index (χ4v) is 4.18. The van der Waals surface area contributed by atoms with Gasteiger partial charge in [0.25, 0.3) is 5.91 Å². The van der Waals surface area contributed by atoms with E-state index in [0.717, 1.165) is 25.8 Å². The number of benzene rings is 2. The van der Waals surface area contributed by atoms with Gasteiger partial charge >= 0.3 is 0 Å². The highest BCUT2D eigenvalue weighted by atomic mass is 79.9. The summed E-state index contributed by atoms with van der Waals surface area (Å²) in [5.74, 6) is -0.195. The number of carbonyl (C=O) groups excluding carboxylic acids is 1. The normalized spacial score (nSPS) is 12.1. The Labute approximate surface area is 141 Å².